The van der Waals surface area contributed by atoms with Gasteiger partial charge in [0.05, 0.1) is 17.3 Å². The number of aromatic nitrogens is 1. The average Bonchev–Trinajstić information content (AvgIpc) is 2.96. The number of ether oxygens (including phenoxy) is 2. The quantitative estimate of drug-likeness (QED) is 0.598. The summed E-state index contributed by atoms with van der Waals surface area (Å²) < 4.78 is 13.6. The third kappa shape index (κ3) is 3.98. The molecule has 2 aromatic carbocycles. The molecule has 0 atom stereocenters. The largest absolute Gasteiger partial charge is 0.493 e. The number of amides is 1. The van der Waals surface area contributed by atoms with Gasteiger partial charge in [-0.05, 0) is 30.3 Å². The third-order valence-corrected chi connectivity index (χ3v) is 4.87. The first-order chi connectivity index (χ1) is 12.6. The fourth-order valence-electron chi connectivity index (χ4n) is 2.45. The van der Waals surface area contributed by atoms with Gasteiger partial charge in [0.15, 0.2) is 22.9 Å². The van der Waals surface area contributed by atoms with Gasteiger partial charge in [-0.3, -0.25) is 4.79 Å². The Kier molecular flexibility index (Phi) is 5.75. The Morgan fingerprint density at radius 1 is 1.31 bits per heavy atom. The van der Waals surface area contributed by atoms with Crippen molar-refractivity contribution in [2.75, 3.05) is 13.7 Å². The number of methoxy groups -OCH3 is 1. The van der Waals surface area contributed by atoms with E-state index in [1.165, 1.54) is 11.3 Å². The molecule has 134 valence electrons. The van der Waals surface area contributed by atoms with Crippen LogP contribution in [0.25, 0.3) is 10.2 Å². The van der Waals surface area contributed by atoms with E-state index in [1.807, 2.05) is 34.9 Å². The van der Waals surface area contributed by atoms with Crippen LogP contribution in [-0.2, 0) is 11.3 Å². The Balaban J connectivity index is 1.87. The van der Waals surface area contributed by atoms with Crippen LogP contribution in [0, 0.1) is 0 Å². The fourth-order valence-corrected chi connectivity index (χ4v) is 3.79. The van der Waals surface area contributed by atoms with Crippen molar-refractivity contribution in [1.29, 1.82) is 0 Å². The highest BCUT2D eigenvalue weighted by atomic mass is 35.5. The van der Waals surface area contributed by atoms with E-state index in [1.54, 1.807) is 25.3 Å². The number of fused-ring (bicyclic) bond motifs is 1. The SMILES string of the molecule is C=CCn1c(=NC(=O)COc2ccccc2OC)sc2cc(Cl)ccc21. The molecule has 0 spiro atoms. The number of thiazole rings is 1. The minimum absolute atomic E-state index is 0.177. The summed E-state index contributed by atoms with van der Waals surface area (Å²) in [6.07, 6.45) is 1.76. The van der Waals surface area contributed by atoms with Crippen LogP contribution in [0.5, 0.6) is 11.5 Å². The topological polar surface area (TPSA) is 52.8 Å². The van der Waals surface area contributed by atoms with E-state index in [0.29, 0.717) is 27.9 Å². The highest BCUT2D eigenvalue weighted by molar-refractivity contribution is 7.16. The van der Waals surface area contributed by atoms with Gasteiger partial charge in [-0.25, -0.2) is 0 Å². The van der Waals surface area contributed by atoms with Gasteiger partial charge in [-0.1, -0.05) is 41.1 Å². The van der Waals surface area contributed by atoms with Crippen LogP contribution in [0.4, 0.5) is 0 Å². The summed E-state index contributed by atoms with van der Waals surface area (Å²) in [6.45, 7) is 4.13. The van der Waals surface area contributed by atoms with Crippen LogP contribution >= 0.6 is 22.9 Å². The summed E-state index contributed by atoms with van der Waals surface area (Å²) >= 11 is 7.46. The second-order valence-electron chi connectivity index (χ2n) is 5.34. The number of hydrogen-bond acceptors (Lipinski definition) is 4. The lowest BCUT2D eigenvalue weighted by molar-refractivity contribution is -0.120. The predicted octanol–water partition coefficient (Wildman–Crippen LogP) is 4.06. The normalized spacial score (nSPS) is 11.5. The lowest BCUT2D eigenvalue weighted by Gasteiger charge is -2.08. The highest BCUT2D eigenvalue weighted by Crippen LogP contribution is 2.25. The molecule has 0 N–H and O–H groups in total. The van der Waals surface area contributed by atoms with Crippen LogP contribution in [0.1, 0.15) is 0 Å². The maximum atomic E-state index is 12.3. The molecule has 26 heavy (non-hydrogen) atoms. The molecule has 0 aliphatic rings. The lowest BCUT2D eigenvalue weighted by atomic mass is 10.3. The monoisotopic (exact) mass is 388 g/mol. The molecule has 1 heterocycles. The molecule has 0 unspecified atom stereocenters. The second kappa shape index (κ2) is 8.21. The summed E-state index contributed by atoms with van der Waals surface area (Å²) in [7, 11) is 1.55. The van der Waals surface area contributed by atoms with Crippen LogP contribution in [-0.4, -0.2) is 24.2 Å². The van der Waals surface area contributed by atoms with Crippen molar-refractivity contribution in [3.8, 4) is 11.5 Å². The summed E-state index contributed by atoms with van der Waals surface area (Å²) in [6, 6.07) is 12.7. The number of carbonyl (C=O) groups is 1. The first kappa shape index (κ1) is 18.2. The van der Waals surface area contributed by atoms with E-state index in [9.17, 15) is 4.79 Å². The van der Waals surface area contributed by atoms with Gasteiger partial charge in [0, 0.05) is 11.6 Å². The van der Waals surface area contributed by atoms with Gasteiger partial charge >= 0.3 is 0 Å². The van der Waals surface area contributed by atoms with Crippen molar-refractivity contribution in [2.24, 2.45) is 4.99 Å². The Bertz CT molecular complexity index is 1020. The molecule has 0 bridgehead atoms. The predicted molar refractivity (Wildman–Crippen MR) is 104 cm³/mol. The van der Waals surface area contributed by atoms with Gasteiger partial charge in [-0.2, -0.15) is 4.99 Å². The van der Waals surface area contributed by atoms with Crippen LogP contribution in [0.2, 0.25) is 5.02 Å². The zero-order valence-corrected chi connectivity index (χ0v) is 15.7. The number of halogens is 1. The van der Waals surface area contributed by atoms with Crippen LogP contribution in [0.3, 0.4) is 0 Å². The molecule has 3 rings (SSSR count). The molecule has 3 aromatic rings. The van der Waals surface area contributed by atoms with Crippen molar-refractivity contribution < 1.29 is 14.3 Å². The molecule has 0 aliphatic carbocycles. The standard InChI is InChI=1S/C19H17ClN2O3S/c1-3-10-22-14-9-8-13(20)11-17(14)26-19(22)21-18(23)12-25-16-7-5-4-6-15(16)24-2/h3-9,11H,1,10,12H2,2H3. The lowest BCUT2D eigenvalue weighted by Crippen LogP contribution is -2.19. The minimum atomic E-state index is -0.383. The molecule has 0 aliphatic heterocycles. The van der Waals surface area contributed by atoms with Crippen molar-refractivity contribution in [3.05, 3.63) is 64.9 Å². The molecule has 0 saturated carbocycles. The molecule has 1 aromatic heterocycles. The van der Waals surface area contributed by atoms with Gasteiger partial charge in [0.1, 0.15) is 0 Å². The maximum Gasteiger partial charge on any atom is 0.286 e. The van der Waals surface area contributed by atoms with Crippen molar-refractivity contribution >= 4 is 39.1 Å². The third-order valence-electron chi connectivity index (χ3n) is 3.60. The Morgan fingerprint density at radius 3 is 2.81 bits per heavy atom. The number of nitrogens with zero attached hydrogens (tertiary/aromatic N) is 2. The molecule has 0 saturated heterocycles. The number of rotatable bonds is 6. The fraction of sp³-hybridized carbons (Fsp3) is 0.158. The Morgan fingerprint density at radius 2 is 2.08 bits per heavy atom. The molecular weight excluding hydrogens is 372 g/mol. The van der Waals surface area contributed by atoms with Crippen molar-refractivity contribution in [1.82, 2.24) is 4.57 Å². The molecule has 1 amide bonds. The van der Waals surface area contributed by atoms with Crippen LogP contribution < -0.4 is 14.3 Å². The summed E-state index contributed by atoms with van der Waals surface area (Å²) in [5.74, 6) is 0.686. The Hall–Kier alpha value is -2.57. The maximum absolute atomic E-state index is 12.3. The number of hydrogen-bond donors (Lipinski definition) is 0. The van der Waals surface area contributed by atoms with E-state index in [2.05, 4.69) is 11.6 Å². The number of carbonyl (C=O) groups excluding carboxylic acids is 1. The second-order valence-corrected chi connectivity index (χ2v) is 6.79. The number of allylic oxidation sites excluding steroid dienone is 1. The van der Waals surface area contributed by atoms with Crippen molar-refractivity contribution in [2.45, 2.75) is 6.54 Å². The summed E-state index contributed by atoms with van der Waals surface area (Å²) in [5.41, 5.74) is 0.955. The summed E-state index contributed by atoms with van der Waals surface area (Å²) in [4.78, 5) is 17.1. The van der Waals surface area contributed by atoms with E-state index >= 15 is 0 Å². The zero-order valence-electron chi connectivity index (χ0n) is 14.1. The highest BCUT2D eigenvalue weighted by Gasteiger charge is 2.09. The molecule has 5 nitrogen and oxygen atoms in total. The van der Waals surface area contributed by atoms with E-state index in [-0.39, 0.29) is 12.5 Å². The Labute approximate surface area is 159 Å². The molecular formula is C19H17ClN2O3S. The smallest absolute Gasteiger partial charge is 0.286 e. The van der Waals surface area contributed by atoms with Crippen molar-refractivity contribution in [3.63, 3.8) is 0 Å². The average molecular weight is 389 g/mol. The molecule has 0 radical (unpaired) electrons. The first-order valence-corrected chi connectivity index (χ1v) is 9.05. The van der Waals surface area contributed by atoms with E-state index < -0.39 is 0 Å². The van der Waals surface area contributed by atoms with Crippen LogP contribution in [0.15, 0.2) is 60.1 Å². The minimum Gasteiger partial charge on any atom is -0.493 e. The van der Waals surface area contributed by atoms with Gasteiger partial charge in [0.2, 0.25) is 0 Å². The molecule has 7 heteroatoms. The van der Waals surface area contributed by atoms with Gasteiger partial charge in [0.25, 0.3) is 5.91 Å². The first-order valence-electron chi connectivity index (χ1n) is 7.85. The zero-order chi connectivity index (χ0) is 18.5. The molecule has 0 fully saturated rings. The van der Waals surface area contributed by atoms with Gasteiger partial charge < -0.3 is 14.0 Å². The van der Waals surface area contributed by atoms with Gasteiger partial charge in [-0.15, -0.1) is 6.58 Å². The van der Waals surface area contributed by atoms with E-state index in [0.717, 1.165) is 10.2 Å². The number of para-hydroxylation sites is 2. The summed E-state index contributed by atoms with van der Waals surface area (Å²) in [5, 5.41) is 0.641. The van der Waals surface area contributed by atoms with E-state index in [4.69, 9.17) is 21.1 Å². The number of benzene rings is 2.